The van der Waals surface area contributed by atoms with Crippen LogP contribution in [0.4, 0.5) is 0 Å². The van der Waals surface area contributed by atoms with E-state index in [4.69, 9.17) is 11.6 Å². The number of hydrogen-bond acceptors (Lipinski definition) is 5. The fourth-order valence-electron chi connectivity index (χ4n) is 2.11. The van der Waals surface area contributed by atoms with Gasteiger partial charge in [0.05, 0.1) is 10.9 Å². The highest BCUT2D eigenvalue weighted by Gasteiger charge is 2.18. The molecule has 0 aromatic carbocycles. The van der Waals surface area contributed by atoms with Gasteiger partial charge in [0, 0.05) is 6.54 Å². The summed E-state index contributed by atoms with van der Waals surface area (Å²) in [4.78, 5) is 11.6. The van der Waals surface area contributed by atoms with Gasteiger partial charge in [0.2, 0.25) is 5.91 Å². The maximum Gasteiger partial charge on any atom is 0.250 e. The van der Waals surface area contributed by atoms with E-state index in [-0.39, 0.29) is 16.7 Å². The summed E-state index contributed by atoms with van der Waals surface area (Å²) >= 11 is 6.66. The molecule has 0 radical (unpaired) electrons. The Hall–Kier alpha value is -0.670. The zero-order chi connectivity index (χ0) is 15.3. The normalized spacial score (nSPS) is 18.8. The first-order chi connectivity index (χ1) is 9.97. The van der Waals surface area contributed by atoms with Crippen molar-refractivity contribution >= 4 is 38.9 Å². The van der Waals surface area contributed by atoms with Gasteiger partial charge in [-0.25, -0.2) is 13.1 Å². The molecule has 1 aromatic heterocycles. The van der Waals surface area contributed by atoms with Crippen molar-refractivity contribution in [2.24, 2.45) is 5.92 Å². The SMILES string of the molecule is O=C(CNS(=O)(=O)c1ccc(Cl)s1)NCCC1CCNC1. The minimum atomic E-state index is -3.66. The molecule has 0 spiro atoms. The first kappa shape index (κ1) is 16.7. The van der Waals surface area contributed by atoms with E-state index in [0.717, 1.165) is 37.3 Å². The van der Waals surface area contributed by atoms with E-state index in [9.17, 15) is 13.2 Å². The quantitative estimate of drug-likeness (QED) is 0.678. The van der Waals surface area contributed by atoms with Crippen molar-refractivity contribution in [3.05, 3.63) is 16.5 Å². The number of amides is 1. The molecular formula is C12H18ClN3O3S2. The number of thiophene rings is 1. The van der Waals surface area contributed by atoms with Crippen LogP contribution in [0.15, 0.2) is 16.3 Å². The summed E-state index contributed by atoms with van der Waals surface area (Å²) in [6.07, 6.45) is 2.04. The second kappa shape index (κ2) is 7.55. The van der Waals surface area contributed by atoms with Crippen molar-refractivity contribution in [3.8, 4) is 0 Å². The lowest BCUT2D eigenvalue weighted by Gasteiger charge is -2.09. The predicted octanol–water partition coefficient (Wildman–Crippen LogP) is 0.796. The largest absolute Gasteiger partial charge is 0.355 e. The van der Waals surface area contributed by atoms with Crippen LogP contribution in [0, 0.1) is 5.92 Å². The Bertz CT molecular complexity index is 582. The smallest absolute Gasteiger partial charge is 0.250 e. The molecule has 1 fully saturated rings. The average molecular weight is 352 g/mol. The molecule has 9 heteroatoms. The number of carbonyl (C=O) groups excluding carboxylic acids is 1. The molecule has 1 unspecified atom stereocenters. The van der Waals surface area contributed by atoms with Gasteiger partial charge in [0.25, 0.3) is 10.0 Å². The van der Waals surface area contributed by atoms with E-state index in [1.54, 1.807) is 0 Å². The number of carbonyl (C=O) groups is 1. The fraction of sp³-hybridized carbons (Fsp3) is 0.583. The summed E-state index contributed by atoms with van der Waals surface area (Å²) in [7, 11) is -3.66. The van der Waals surface area contributed by atoms with Gasteiger partial charge in [-0.1, -0.05) is 11.6 Å². The Labute approximate surface area is 133 Å². The molecule has 2 heterocycles. The zero-order valence-electron chi connectivity index (χ0n) is 11.4. The van der Waals surface area contributed by atoms with Gasteiger partial charge >= 0.3 is 0 Å². The molecule has 1 saturated heterocycles. The lowest BCUT2D eigenvalue weighted by molar-refractivity contribution is -0.120. The summed E-state index contributed by atoms with van der Waals surface area (Å²) in [6, 6.07) is 2.93. The molecule has 21 heavy (non-hydrogen) atoms. The van der Waals surface area contributed by atoms with Gasteiger partial charge < -0.3 is 10.6 Å². The zero-order valence-corrected chi connectivity index (χ0v) is 13.8. The van der Waals surface area contributed by atoms with Gasteiger partial charge in [0.1, 0.15) is 4.21 Å². The van der Waals surface area contributed by atoms with Crippen molar-refractivity contribution in [3.63, 3.8) is 0 Å². The molecular weight excluding hydrogens is 334 g/mol. The van der Waals surface area contributed by atoms with E-state index in [2.05, 4.69) is 15.4 Å². The van der Waals surface area contributed by atoms with E-state index in [1.807, 2.05) is 0 Å². The highest BCUT2D eigenvalue weighted by atomic mass is 35.5. The summed E-state index contributed by atoms with van der Waals surface area (Å²) < 4.78 is 26.5. The highest BCUT2D eigenvalue weighted by molar-refractivity contribution is 7.91. The van der Waals surface area contributed by atoms with Crippen molar-refractivity contribution in [2.75, 3.05) is 26.2 Å². The topological polar surface area (TPSA) is 87.3 Å². The highest BCUT2D eigenvalue weighted by Crippen LogP contribution is 2.25. The van der Waals surface area contributed by atoms with E-state index >= 15 is 0 Å². The van der Waals surface area contributed by atoms with Crippen LogP contribution in [-0.4, -0.2) is 40.5 Å². The van der Waals surface area contributed by atoms with Crippen LogP contribution in [0.1, 0.15) is 12.8 Å². The molecule has 1 aliphatic rings. The molecule has 1 aromatic rings. The monoisotopic (exact) mass is 351 g/mol. The Morgan fingerprint density at radius 3 is 2.90 bits per heavy atom. The summed E-state index contributed by atoms with van der Waals surface area (Å²) in [5, 5.41) is 5.98. The predicted molar refractivity (Wildman–Crippen MR) is 83.1 cm³/mol. The van der Waals surface area contributed by atoms with Gasteiger partial charge in [0.15, 0.2) is 0 Å². The molecule has 6 nitrogen and oxygen atoms in total. The molecule has 3 N–H and O–H groups in total. The Morgan fingerprint density at radius 2 is 2.29 bits per heavy atom. The van der Waals surface area contributed by atoms with E-state index < -0.39 is 10.0 Å². The van der Waals surface area contributed by atoms with Gasteiger partial charge in [-0.3, -0.25) is 4.79 Å². The van der Waals surface area contributed by atoms with E-state index in [0.29, 0.717) is 16.8 Å². The van der Waals surface area contributed by atoms with Crippen LogP contribution < -0.4 is 15.4 Å². The van der Waals surface area contributed by atoms with Crippen LogP contribution in [0.5, 0.6) is 0 Å². The first-order valence-electron chi connectivity index (χ1n) is 6.70. The lowest BCUT2D eigenvalue weighted by atomic mass is 10.1. The van der Waals surface area contributed by atoms with Crippen LogP contribution in [-0.2, 0) is 14.8 Å². The van der Waals surface area contributed by atoms with Crippen molar-refractivity contribution in [1.29, 1.82) is 0 Å². The number of hydrogen-bond donors (Lipinski definition) is 3. The maximum absolute atomic E-state index is 11.9. The molecule has 0 bridgehead atoms. The van der Waals surface area contributed by atoms with Crippen LogP contribution in [0.2, 0.25) is 4.34 Å². The summed E-state index contributed by atoms with van der Waals surface area (Å²) in [5.41, 5.74) is 0. The third kappa shape index (κ3) is 5.23. The molecule has 118 valence electrons. The molecule has 0 aliphatic carbocycles. The molecule has 1 aliphatic heterocycles. The second-order valence-electron chi connectivity index (χ2n) is 4.88. The molecule has 2 rings (SSSR count). The van der Waals surface area contributed by atoms with Crippen molar-refractivity contribution < 1.29 is 13.2 Å². The van der Waals surface area contributed by atoms with Gasteiger partial charge in [-0.05, 0) is 44.0 Å². The van der Waals surface area contributed by atoms with Crippen molar-refractivity contribution in [2.45, 2.75) is 17.1 Å². The minimum Gasteiger partial charge on any atom is -0.355 e. The fourth-order valence-corrected chi connectivity index (χ4v) is 4.62. The number of rotatable bonds is 7. The molecule has 1 amide bonds. The average Bonchev–Trinajstić information content (AvgIpc) is 3.08. The number of nitrogens with one attached hydrogen (secondary N) is 3. The van der Waals surface area contributed by atoms with E-state index in [1.165, 1.54) is 12.1 Å². The first-order valence-corrected chi connectivity index (χ1v) is 9.37. The Kier molecular flexibility index (Phi) is 6.00. The maximum atomic E-state index is 11.9. The third-order valence-corrected chi connectivity index (χ3v) is 6.40. The van der Waals surface area contributed by atoms with Crippen LogP contribution in [0.25, 0.3) is 0 Å². The molecule has 0 saturated carbocycles. The Morgan fingerprint density at radius 1 is 1.48 bits per heavy atom. The Balaban J connectivity index is 1.70. The van der Waals surface area contributed by atoms with Gasteiger partial charge in [-0.15, -0.1) is 11.3 Å². The number of sulfonamides is 1. The van der Waals surface area contributed by atoms with Crippen molar-refractivity contribution in [1.82, 2.24) is 15.4 Å². The standard InChI is InChI=1S/C12H18ClN3O3S2/c13-10-1-2-12(20-10)21(18,19)16-8-11(17)15-6-4-9-3-5-14-7-9/h1-2,9,14,16H,3-8H2,(H,15,17). The van der Waals surface area contributed by atoms with Crippen LogP contribution in [0.3, 0.4) is 0 Å². The number of halogens is 1. The lowest BCUT2D eigenvalue weighted by Crippen LogP contribution is -2.37. The van der Waals surface area contributed by atoms with Gasteiger partial charge in [-0.2, -0.15) is 0 Å². The second-order valence-corrected chi connectivity index (χ2v) is 8.59. The third-order valence-electron chi connectivity index (χ3n) is 3.27. The molecule has 1 atom stereocenters. The summed E-state index contributed by atoms with van der Waals surface area (Å²) in [5.74, 6) is 0.266. The minimum absolute atomic E-state index is 0.109. The summed E-state index contributed by atoms with van der Waals surface area (Å²) in [6.45, 7) is 2.32. The van der Waals surface area contributed by atoms with Crippen LogP contribution >= 0.6 is 22.9 Å².